The number of rotatable bonds is 8. The molecule has 158 valence electrons. The molecule has 0 spiro atoms. The minimum Gasteiger partial charge on any atom is -0.490 e. The number of primary amides is 1. The summed E-state index contributed by atoms with van der Waals surface area (Å²) in [5.74, 6) is 0.900. The van der Waals surface area contributed by atoms with Gasteiger partial charge in [-0.15, -0.1) is 0 Å². The first-order chi connectivity index (χ1) is 14.5. The van der Waals surface area contributed by atoms with Crippen molar-refractivity contribution in [1.29, 1.82) is 0 Å². The number of hydrogen-bond acceptors (Lipinski definition) is 6. The van der Waals surface area contributed by atoms with Crippen molar-refractivity contribution in [3.8, 4) is 11.5 Å². The van der Waals surface area contributed by atoms with E-state index in [4.69, 9.17) is 20.0 Å². The minimum atomic E-state index is -0.517. The number of aryl methyl sites for hydroxylation is 1. The molecule has 2 N–H and O–H groups in total. The average Bonchev–Trinajstić information content (AvgIpc) is 3.28. The van der Waals surface area contributed by atoms with Crippen molar-refractivity contribution in [2.75, 3.05) is 26.3 Å². The molecule has 2 heterocycles. The molecule has 0 saturated carbocycles. The van der Waals surface area contributed by atoms with Gasteiger partial charge in [0.25, 0.3) is 5.91 Å². The van der Waals surface area contributed by atoms with E-state index in [1.807, 2.05) is 25.1 Å². The fourth-order valence-electron chi connectivity index (χ4n) is 3.98. The summed E-state index contributed by atoms with van der Waals surface area (Å²) in [6.07, 6.45) is 0.0887. The fraction of sp³-hybridized carbons (Fsp3) is 0.391. The third kappa shape index (κ3) is 4.41. The van der Waals surface area contributed by atoms with Gasteiger partial charge in [-0.05, 0) is 37.1 Å². The summed E-state index contributed by atoms with van der Waals surface area (Å²) in [5, 5.41) is 4.36. The monoisotopic (exact) mass is 409 g/mol. The first-order valence-electron chi connectivity index (χ1n) is 10.2. The minimum absolute atomic E-state index is 0.0887. The Bertz CT molecular complexity index is 942. The topological polar surface area (TPSA) is 86.4 Å². The van der Waals surface area contributed by atoms with Gasteiger partial charge >= 0.3 is 0 Å². The third-order valence-electron chi connectivity index (χ3n) is 5.41. The number of hydrogen-bond donors (Lipinski definition) is 1. The number of likely N-dealkylation sites (tertiary alicyclic amines) is 1. The Morgan fingerprint density at radius 1 is 1.17 bits per heavy atom. The summed E-state index contributed by atoms with van der Waals surface area (Å²) < 4.78 is 11.2. The highest BCUT2D eigenvalue weighted by Gasteiger charge is 2.42. The van der Waals surface area contributed by atoms with Crippen LogP contribution in [0.3, 0.4) is 0 Å². The largest absolute Gasteiger partial charge is 0.490 e. The molecule has 7 heteroatoms. The summed E-state index contributed by atoms with van der Waals surface area (Å²) in [7, 11) is 0. The molecule has 30 heavy (non-hydrogen) atoms. The Morgan fingerprint density at radius 2 is 1.97 bits per heavy atom. The van der Waals surface area contributed by atoms with Crippen LogP contribution in [0.15, 0.2) is 47.6 Å². The van der Waals surface area contributed by atoms with Crippen LogP contribution in [0.5, 0.6) is 11.5 Å². The molecular formula is C23H27N3O4. The van der Waals surface area contributed by atoms with Crippen LogP contribution in [0.4, 0.5) is 0 Å². The fourth-order valence-corrected chi connectivity index (χ4v) is 3.98. The molecule has 0 aliphatic carbocycles. The molecular weight excluding hydrogens is 382 g/mol. The van der Waals surface area contributed by atoms with Crippen molar-refractivity contribution in [1.82, 2.24) is 4.90 Å². The predicted octanol–water partition coefficient (Wildman–Crippen LogP) is 2.49. The first-order valence-corrected chi connectivity index (χ1v) is 10.2. The molecule has 2 atom stereocenters. The summed E-state index contributed by atoms with van der Waals surface area (Å²) in [4.78, 5) is 19.1. The predicted molar refractivity (Wildman–Crippen MR) is 114 cm³/mol. The molecule has 2 aliphatic rings. The maximum Gasteiger partial charge on any atom is 0.255 e. The zero-order valence-electron chi connectivity index (χ0n) is 17.3. The van der Waals surface area contributed by atoms with Gasteiger partial charge in [-0.3, -0.25) is 9.69 Å². The SMILES string of the molecule is CCOc1cc(CN2C[C@H]3ON=C(c4ccc(C)cc4)[C@@H]3C2)ccc1OCC(N)=O. The Kier molecular flexibility index (Phi) is 5.90. The number of oxime groups is 1. The number of ether oxygens (including phenoxy) is 2. The Hall–Kier alpha value is -3.06. The lowest BCUT2D eigenvalue weighted by atomic mass is 9.94. The van der Waals surface area contributed by atoms with Crippen molar-refractivity contribution in [2.24, 2.45) is 16.8 Å². The second kappa shape index (κ2) is 8.75. The number of benzene rings is 2. The van der Waals surface area contributed by atoms with Crippen LogP contribution in [0.25, 0.3) is 0 Å². The number of amides is 1. The van der Waals surface area contributed by atoms with Gasteiger partial charge in [0.05, 0.1) is 18.2 Å². The molecule has 2 aromatic carbocycles. The van der Waals surface area contributed by atoms with Crippen molar-refractivity contribution in [3.63, 3.8) is 0 Å². The van der Waals surface area contributed by atoms with Gasteiger partial charge in [0.15, 0.2) is 18.1 Å². The van der Waals surface area contributed by atoms with Crippen LogP contribution in [0, 0.1) is 12.8 Å². The van der Waals surface area contributed by atoms with Gasteiger partial charge in [-0.1, -0.05) is 41.1 Å². The normalized spacial score (nSPS) is 20.4. The molecule has 0 radical (unpaired) electrons. The lowest BCUT2D eigenvalue weighted by molar-refractivity contribution is -0.119. The summed E-state index contributed by atoms with van der Waals surface area (Å²) >= 11 is 0. The second-order valence-corrected chi connectivity index (χ2v) is 7.76. The molecule has 1 amide bonds. The van der Waals surface area contributed by atoms with Gasteiger partial charge in [-0.2, -0.15) is 0 Å². The van der Waals surface area contributed by atoms with Gasteiger partial charge in [-0.25, -0.2) is 0 Å². The summed E-state index contributed by atoms with van der Waals surface area (Å²) in [6, 6.07) is 14.2. The van der Waals surface area contributed by atoms with Gasteiger partial charge in [0.1, 0.15) is 6.10 Å². The van der Waals surface area contributed by atoms with E-state index in [-0.39, 0.29) is 18.6 Å². The van der Waals surface area contributed by atoms with Gasteiger partial charge in [0, 0.05) is 19.6 Å². The molecule has 0 aromatic heterocycles. The van der Waals surface area contributed by atoms with Crippen LogP contribution in [0.2, 0.25) is 0 Å². The maximum absolute atomic E-state index is 11.0. The van der Waals surface area contributed by atoms with E-state index in [2.05, 4.69) is 41.2 Å². The Balaban J connectivity index is 1.43. The number of carbonyl (C=O) groups is 1. The molecule has 7 nitrogen and oxygen atoms in total. The van der Waals surface area contributed by atoms with Crippen LogP contribution < -0.4 is 15.2 Å². The van der Waals surface area contributed by atoms with Crippen LogP contribution in [-0.4, -0.2) is 48.9 Å². The smallest absolute Gasteiger partial charge is 0.255 e. The molecule has 2 aliphatic heterocycles. The van der Waals surface area contributed by atoms with Crippen molar-refractivity contribution in [3.05, 3.63) is 59.2 Å². The molecule has 1 fully saturated rings. The van der Waals surface area contributed by atoms with Gasteiger partial charge < -0.3 is 20.0 Å². The first kappa shape index (κ1) is 20.2. The number of fused-ring (bicyclic) bond motifs is 1. The van der Waals surface area contributed by atoms with Crippen LogP contribution >= 0.6 is 0 Å². The van der Waals surface area contributed by atoms with Gasteiger partial charge in [0.2, 0.25) is 0 Å². The molecule has 0 unspecified atom stereocenters. The van der Waals surface area contributed by atoms with E-state index >= 15 is 0 Å². The highest BCUT2D eigenvalue weighted by atomic mass is 16.6. The van der Waals surface area contributed by atoms with Crippen LogP contribution in [-0.2, 0) is 16.2 Å². The zero-order chi connectivity index (χ0) is 21.1. The molecule has 4 rings (SSSR count). The Morgan fingerprint density at radius 3 is 2.70 bits per heavy atom. The molecule has 0 bridgehead atoms. The van der Waals surface area contributed by atoms with E-state index in [1.54, 1.807) is 0 Å². The standard InChI is InChI=1S/C23H27N3O4/c1-3-28-20-10-16(6-9-19(20)29-14-22(24)27)11-26-12-18-21(13-26)30-25-23(18)17-7-4-15(2)5-8-17/h4-10,18,21H,3,11-14H2,1-2H3,(H2,24,27)/t18-,21-/m1/s1. The van der Waals surface area contributed by atoms with Crippen molar-refractivity contribution >= 4 is 11.6 Å². The highest BCUT2D eigenvalue weighted by molar-refractivity contribution is 6.03. The van der Waals surface area contributed by atoms with E-state index in [0.717, 1.165) is 36.5 Å². The Labute approximate surface area is 176 Å². The van der Waals surface area contributed by atoms with Crippen molar-refractivity contribution < 1.29 is 19.1 Å². The second-order valence-electron chi connectivity index (χ2n) is 7.76. The average molecular weight is 409 g/mol. The van der Waals surface area contributed by atoms with Crippen LogP contribution in [0.1, 0.15) is 23.6 Å². The lowest BCUT2D eigenvalue weighted by Gasteiger charge is -2.18. The maximum atomic E-state index is 11.0. The van der Waals surface area contributed by atoms with E-state index in [9.17, 15) is 4.79 Å². The zero-order valence-corrected chi connectivity index (χ0v) is 17.3. The number of nitrogens with two attached hydrogens (primary N) is 1. The molecule has 1 saturated heterocycles. The third-order valence-corrected chi connectivity index (χ3v) is 5.41. The van der Waals surface area contributed by atoms with E-state index < -0.39 is 5.91 Å². The van der Waals surface area contributed by atoms with E-state index in [1.165, 1.54) is 5.56 Å². The summed E-state index contributed by atoms with van der Waals surface area (Å²) in [6.45, 7) is 6.82. The van der Waals surface area contributed by atoms with E-state index in [0.29, 0.717) is 18.1 Å². The number of carbonyl (C=O) groups excluding carboxylic acids is 1. The highest BCUT2D eigenvalue weighted by Crippen LogP contribution is 2.33. The lowest BCUT2D eigenvalue weighted by Crippen LogP contribution is -2.23. The van der Waals surface area contributed by atoms with Crippen molar-refractivity contribution in [2.45, 2.75) is 26.5 Å². The quantitative estimate of drug-likeness (QED) is 0.724. The summed E-state index contributed by atoms with van der Waals surface area (Å²) in [5.41, 5.74) is 9.68. The number of nitrogens with zero attached hydrogens (tertiary/aromatic N) is 2. The molecule has 2 aromatic rings.